The van der Waals surface area contributed by atoms with Crippen LogP contribution >= 0.6 is 0 Å². The van der Waals surface area contributed by atoms with E-state index in [1.54, 1.807) is 4.90 Å². The molecule has 2 amide bonds. The number of anilines is 5. The summed E-state index contributed by atoms with van der Waals surface area (Å²) < 4.78 is 5.44. The van der Waals surface area contributed by atoms with Crippen molar-refractivity contribution in [3.05, 3.63) is 65.4 Å². The number of carbonyl (C=O) groups excluding carboxylic acids is 2. The molecule has 9 heteroatoms. The minimum Gasteiger partial charge on any atom is -0.378 e. The quantitative estimate of drug-likeness (QED) is 0.528. The van der Waals surface area contributed by atoms with Crippen LogP contribution in [-0.4, -0.2) is 54.6 Å². The number of ether oxygens (including phenoxy) is 1. The standard InChI is InChI=1S/C28H32N6O3/c1-18-4-9-24(14-19(18)2)34-17-21(16-26(34)35)27(36)30-22-5-7-23(8-6-22)31-28-29-20(3)15-25(32-28)33-10-12-37-13-11-33/h4-9,14-15,21H,10-13,16-17H2,1-3H3,(H,30,36)(H,29,31,32)/t21-/m0/s1. The third-order valence-electron chi connectivity index (χ3n) is 6.88. The van der Waals surface area contributed by atoms with Gasteiger partial charge in [-0.3, -0.25) is 9.59 Å². The normalized spacial score (nSPS) is 17.7. The molecule has 0 unspecified atom stereocenters. The Morgan fingerprint density at radius 1 is 0.946 bits per heavy atom. The van der Waals surface area contributed by atoms with Crippen LogP contribution in [0, 0.1) is 26.7 Å². The van der Waals surface area contributed by atoms with Gasteiger partial charge in [-0.15, -0.1) is 0 Å². The van der Waals surface area contributed by atoms with E-state index in [1.165, 1.54) is 5.56 Å². The molecule has 2 fully saturated rings. The number of amides is 2. The monoisotopic (exact) mass is 500 g/mol. The molecule has 9 nitrogen and oxygen atoms in total. The minimum atomic E-state index is -0.397. The summed E-state index contributed by atoms with van der Waals surface area (Å²) in [6.07, 6.45) is 0.203. The van der Waals surface area contributed by atoms with E-state index in [9.17, 15) is 9.59 Å². The number of aromatic nitrogens is 2. The molecule has 2 aliphatic rings. The van der Waals surface area contributed by atoms with Crippen molar-refractivity contribution in [3.63, 3.8) is 0 Å². The van der Waals surface area contributed by atoms with Crippen molar-refractivity contribution in [1.82, 2.24) is 9.97 Å². The smallest absolute Gasteiger partial charge is 0.229 e. The molecule has 2 saturated heterocycles. The number of hydrogen-bond donors (Lipinski definition) is 2. The highest BCUT2D eigenvalue weighted by atomic mass is 16.5. The van der Waals surface area contributed by atoms with Crippen molar-refractivity contribution in [2.45, 2.75) is 27.2 Å². The Morgan fingerprint density at radius 2 is 1.68 bits per heavy atom. The van der Waals surface area contributed by atoms with Crippen molar-refractivity contribution in [1.29, 1.82) is 0 Å². The maximum atomic E-state index is 12.9. The van der Waals surface area contributed by atoms with Crippen LogP contribution in [0.4, 0.5) is 28.8 Å². The zero-order valence-electron chi connectivity index (χ0n) is 21.5. The topological polar surface area (TPSA) is 99.7 Å². The SMILES string of the molecule is Cc1cc(N2CCOCC2)nc(Nc2ccc(NC(=O)[C@H]3CC(=O)N(c4ccc(C)c(C)c4)C3)cc2)n1. The molecule has 1 aromatic heterocycles. The first-order valence-corrected chi connectivity index (χ1v) is 12.6. The highest BCUT2D eigenvalue weighted by molar-refractivity contribution is 6.03. The summed E-state index contributed by atoms with van der Waals surface area (Å²) in [5, 5.41) is 6.21. The van der Waals surface area contributed by atoms with Gasteiger partial charge < -0.3 is 25.2 Å². The number of carbonyl (C=O) groups is 2. The average Bonchev–Trinajstić information content (AvgIpc) is 3.29. The molecule has 37 heavy (non-hydrogen) atoms. The number of benzene rings is 2. The first kappa shape index (κ1) is 24.7. The second kappa shape index (κ2) is 10.6. The van der Waals surface area contributed by atoms with Crippen LogP contribution in [0.1, 0.15) is 23.2 Å². The van der Waals surface area contributed by atoms with E-state index in [2.05, 4.69) is 25.5 Å². The van der Waals surface area contributed by atoms with E-state index in [1.807, 2.05) is 69.3 Å². The van der Waals surface area contributed by atoms with E-state index >= 15 is 0 Å². The van der Waals surface area contributed by atoms with Crippen LogP contribution in [0.25, 0.3) is 0 Å². The van der Waals surface area contributed by atoms with E-state index in [-0.39, 0.29) is 18.2 Å². The van der Waals surface area contributed by atoms with Crippen LogP contribution < -0.4 is 20.4 Å². The summed E-state index contributed by atoms with van der Waals surface area (Å²) in [5.74, 6) is 0.818. The summed E-state index contributed by atoms with van der Waals surface area (Å²) in [6.45, 7) is 9.38. The summed E-state index contributed by atoms with van der Waals surface area (Å²) >= 11 is 0. The van der Waals surface area contributed by atoms with Crippen LogP contribution in [-0.2, 0) is 14.3 Å². The Kier molecular flexibility index (Phi) is 7.05. The summed E-state index contributed by atoms with van der Waals surface area (Å²) in [7, 11) is 0. The molecule has 2 aliphatic heterocycles. The molecule has 2 N–H and O–H groups in total. The molecule has 3 heterocycles. The summed E-state index contributed by atoms with van der Waals surface area (Å²) in [6, 6.07) is 15.3. The predicted octanol–water partition coefficient (Wildman–Crippen LogP) is 3.97. The Morgan fingerprint density at radius 3 is 2.41 bits per heavy atom. The largest absolute Gasteiger partial charge is 0.378 e. The first-order chi connectivity index (χ1) is 17.9. The van der Waals surface area contributed by atoms with Crippen LogP contribution in [0.5, 0.6) is 0 Å². The van der Waals surface area contributed by atoms with Gasteiger partial charge >= 0.3 is 0 Å². The van der Waals surface area contributed by atoms with Crippen molar-refractivity contribution in [2.24, 2.45) is 5.92 Å². The van der Waals surface area contributed by atoms with Gasteiger partial charge in [0, 0.05) is 54.9 Å². The fourth-order valence-electron chi connectivity index (χ4n) is 4.60. The fraction of sp³-hybridized carbons (Fsp3) is 0.357. The molecule has 0 radical (unpaired) electrons. The van der Waals surface area contributed by atoms with E-state index in [4.69, 9.17) is 4.74 Å². The third-order valence-corrected chi connectivity index (χ3v) is 6.88. The van der Waals surface area contributed by atoms with E-state index in [0.717, 1.165) is 41.5 Å². The van der Waals surface area contributed by atoms with Gasteiger partial charge in [0.15, 0.2) is 0 Å². The lowest BCUT2D eigenvalue weighted by Gasteiger charge is -2.28. The van der Waals surface area contributed by atoms with Crippen molar-refractivity contribution in [2.75, 3.05) is 53.3 Å². The van der Waals surface area contributed by atoms with Gasteiger partial charge in [-0.2, -0.15) is 4.98 Å². The van der Waals surface area contributed by atoms with Gasteiger partial charge in [-0.1, -0.05) is 6.07 Å². The van der Waals surface area contributed by atoms with Crippen LogP contribution in [0.15, 0.2) is 48.5 Å². The lowest BCUT2D eigenvalue weighted by molar-refractivity contribution is -0.122. The van der Waals surface area contributed by atoms with Crippen LogP contribution in [0.2, 0.25) is 0 Å². The fourth-order valence-corrected chi connectivity index (χ4v) is 4.60. The maximum Gasteiger partial charge on any atom is 0.229 e. The second-order valence-electron chi connectivity index (χ2n) is 9.66. The summed E-state index contributed by atoms with van der Waals surface area (Å²) in [4.78, 5) is 38.6. The number of morpholine rings is 1. The number of nitrogens with one attached hydrogen (secondary N) is 2. The Balaban J connectivity index is 1.20. The van der Waals surface area contributed by atoms with Crippen molar-refractivity contribution >= 4 is 40.6 Å². The molecular formula is C28H32N6O3. The van der Waals surface area contributed by atoms with Crippen molar-refractivity contribution in [3.8, 4) is 0 Å². The number of hydrogen-bond acceptors (Lipinski definition) is 7. The zero-order chi connectivity index (χ0) is 25.9. The lowest BCUT2D eigenvalue weighted by atomic mass is 10.1. The van der Waals surface area contributed by atoms with Gasteiger partial charge in [0.05, 0.1) is 19.1 Å². The Bertz CT molecular complexity index is 1300. The molecule has 192 valence electrons. The average molecular weight is 501 g/mol. The van der Waals surface area contributed by atoms with Gasteiger partial charge in [-0.25, -0.2) is 4.98 Å². The minimum absolute atomic E-state index is 0.0300. The number of rotatable bonds is 6. The molecular weight excluding hydrogens is 468 g/mol. The van der Waals surface area contributed by atoms with E-state index in [0.29, 0.717) is 31.4 Å². The van der Waals surface area contributed by atoms with Gasteiger partial charge in [0.25, 0.3) is 0 Å². The van der Waals surface area contributed by atoms with Gasteiger partial charge in [0.2, 0.25) is 17.8 Å². The molecule has 0 spiro atoms. The highest BCUT2D eigenvalue weighted by Crippen LogP contribution is 2.28. The third kappa shape index (κ3) is 5.72. The number of nitrogens with zero attached hydrogens (tertiary/aromatic N) is 4. The summed E-state index contributed by atoms with van der Waals surface area (Å²) in [5.41, 5.74) is 5.51. The van der Waals surface area contributed by atoms with E-state index < -0.39 is 5.92 Å². The molecule has 2 aromatic carbocycles. The molecule has 1 atom stereocenters. The Labute approximate surface area is 216 Å². The van der Waals surface area contributed by atoms with Crippen LogP contribution in [0.3, 0.4) is 0 Å². The predicted molar refractivity (Wildman–Crippen MR) is 145 cm³/mol. The molecule has 0 bridgehead atoms. The van der Waals surface area contributed by atoms with Gasteiger partial charge in [0.1, 0.15) is 5.82 Å². The molecule has 0 aliphatic carbocycles. The maximum absolute atomic E-state index is 12.9. The lowest BCUT2D eigenvalue weighted by Crippen LogP contribution is -2.36. The zero-order valence-corrected chi connectivity index (χ0v) is 21.5. The van der Waals surface area contributed by atoms with Crippen molar-refractivity contribution < 1.29 is 14.3 Å². The second-order valence-corrected chi connectivity index (χ2v) is 9.66. The molecule has 0 saturated carbocycles. The molecule has 5 rings (SSSR count). The molecule has 3 aromatic rings. The number of aryl methyl sites for hydroxylation is 3. The Hall–Kier alpha value is -3.98. The van der Waals surface area contributed by atoms with Gasteiger partial charge in [-0.05, 0) is 68.3 Å². The first-order valence-electron chi connectivity index (χ1n) is 12.6. The highest BCUT2D eigenvalue weighted by Gasteiger charge is 2.35.